The first-order valence-corrected chi connectivity index (χ1v) is 7.55. The van der Waals surface area contributed by atoms with Crippen LogP contribution in [0.3, 0.4) is 0 Å². The second kappa shape index (κ2) is 7.40. The number of pyridine rings is 1. The van der Waals surface area contributed by atoms with Crippen LogP contribution in [0.2, 0.25) is 0 Å². The van der Waals surface area contributed by atoms with Crippen molar-refractivity contribution >= 4 is 12.4 Å². The molecule has 3 rings (SSSR count). The van der Waals surface area contributed by atoms with E-state index < -0.39 is 0 Å². The second-order valence-corrected chi connectivity index (χ2v) is 5.88. The highest BCUT2D eigenvalue weighted by atomic mass is 35.5. The molecule has 0 bridgehead atoms. The first-order chi connectivity index (χ1) is 9.72. The summed E-state index contributed by atoms with van der Waals surface area (Å²) in [6.45, 7) is 9.39. The molecule has 2 aliphatic rings. The molecular formula is C15H25ClN4O. The topological polar surface area (TPSA) is 51.6 Å². The molecule has 0 amide bonds. The summed E-state index contributed by atoms with van der Waals surface area (Å²) >= 11 is 0. The summed E-state index contributed by atoms with van der Waals surface area (Å²) < 4.78 is 0. The monoisotopic (exact) mass is 312 g/mol. The van der Waals surface area contributed by atoms with E-state index in [1.165, 1.54) is 6.42 Å². The molecule has 1 unspecified atom stereocenters. The van der Waals surface area contributed by atoms with Crippen LogP contribution in [0, 0.1) is 6.92 Å². The van der Waals surface area contributed by atoms with Gasteiger partial charge in [0.2, 0.25) is 0 Å². The standard InChI is InChI=1S/C15H24N4O.ClH/c1-12-2-3-15(20)14(17-12)11-18-6-8-19(9-7-18)13-4-5-16-10-13;/h2-3,13,16,20H,4-11H2,1H3;1H. The summed E-state index contributed by atoms with van der Waals surface area (Å²) in [5.41, 5.74) is 1.77. The molecular weight excluding hydrogens is 288 g/mol. The highest BCUT2D eigenvalue weighted by Gasteiger charge is 2.26. The first kappa shape index (κ1) is 16.5. The Kier molecular flexibility index (Phi) is 5.81. The zero-order chi connectivity index (χ0) is 13.9. The average Bonchev–Trinajstić information content (AvgIpc) is 2.98. The molecule has 2 aliphatic heterocycles. The van der Waals surface area contributed by atoms with Gasteiger partial charge in [-0.3, -0.25) is 14.8 Å². The maximum Gasteiger partial charge on any atom is 0.138 e. The van der Waals surface area contributed by atoms with E-state index in [4.69, 9.17) is 0 Å². The fourth-order valence-corrected chi connectivity index (χ4v) is 3.17. The quantitative estimate of drug-likeness (QED) is 0.872. The van der Waals surface area contributed by atoms with Crippen LogP contribution in [-0.2, 0) is 6.54 Å². The predicted octanol–water partition coefficient (Wildman–Crippen LogP) is 0.997. The lowest BCUT2D eigenvalue weighted by atomic mass is 10.2. The van der Waals surface area contributed by atoms with Crippen LogP contribution in [0.5, 0.6) is 5.75 Å². The molecule has 0 aromatic carbocycles. The third kappa shape index (κ3) is 4.07. The average molecular weight is 313 g/mol. The highest BCUT2D eigenvalue weighted by Crippen LogP contribution is 2.18. The molecule has 6 heteroatoms. The number of hydrogen-bond acceptors (Lipinski definition) is 5. The summed E-state index contributed by atoms with van der Waals surface area (Å²) in [5, 5.41) is 13.3. The largest absolute Gasteiger partial charge is 0.506 e. The van der Waals surface area contributed by atoms with Crippen molar-refractivity contribution in [2.24, 2.45) is 0 Å². The predicted molar refractivity (Wildman–Crippen MR) is 86.0 cm³/mol. The molecule has 21 heavy (non-hydrogen) atoms. The Morgan fingerprint density at radius 1 is 1.29 bits per heavy atom. The number of piperazine rings is 1. The number of aryl methyl sites for hydroxylation is 1. The maximum absolute atomic E-state index is 9.88. The van der Waals surface area contributed by atoms with Crippen LogP contribution >= 0.6 is 12.4 Å². The minimum Gasteiger partial charge on any atom is -0.506 e. The summed E-state index contributed by atoms with van der Waals surface area (Å²) in [7, 11) is 0. The number of aromatic nitrogens is 1. The summed E-state index contributed by atoms with van der Waals surface area (Å²) in [4.78, 5) is 9.43. The summed E-state index contributed by atoms with van der Waals surface area (Å²) in [5.74, 6) is 0.318. The van der Waals surface area contributed by atoms with Gasteiger partial charge in [-0.2, -0.15) is 0 Å². The normalized spacial score (nSPS) is 24.0. The third-order valence-electron chi connectivity index (χ3n) is 4.42. The van der Waals surface area contributed by atoms with E-state index >= 15 is 0 Å². The van der Waals surface area contributed by atoms with Crippen molar-refractivity contribution in [2.75, 3.05) is 39.3 Å². The Morgan fingerprint density at radius 2 is 2.05 bits per heavy atom. The highest BCUT2D eigenvalue weighted by molar-refractivity contribution is 5.85. The maximum atomic E-state index is 9.88. The molecule has 1 aromatic rings. The van der Waals surface area contributed by atoms with Gasteiger partial charge in [-0.15, -0.1) is 12.4 Å². The zero-order valence-corrected chi connectivity index (χ0v) is 13.4. The van der Waals surface area contributed by atoms with Crippen molar-refractivity contribution in [2.45, 2.75) is 25.9 Å². The van der Waals surface area contributed by atoms with Crippen LogP contribution in [0.4, 0.5) is 0 Å². The van der Waals surface area contributed by atoms with Crippen LogP contribution < -0.4 is 5.32 Å². The first-order valence-electron chi connectivity index (χ1n) is 7.55. The molecule has 1 aromatic heterocycles. The Morgan fingerprint density at radius 3 is 2.71 bits per heavy atom. The Balaban J connectivity index is 0.00000161. The summed E-state index contributed by atoms with van der Waals surface area (Å²) in [6, 6.07) is 4.32. The molecule has 0 saturated carbocycles. The van der Waals surface area contributed by atoms with Gasteiger partial charge in [0, 0.05) is 51.0 Å². The lowest BCUT2D eigenvalue weighted by Crippen LogP contribution is -2.50. The van der Waals surface area contributed by atoms with Gasteiger partial charge in [0.25, 0.3) is 0 Å². The van der Waals surface area contributed by atoms with E-state index in [2.05, 4.69) is 20.1 Å². The third-order valence-corrected chi connectivity index (χ3v) is 4.42. The van der Waals surface area contributed by atoms with E-state index in [1.807, 2.05) is 13.0 Å². The Labute approximate surface area is 132 Å². The number of hydrogen-bond donors (Lipinski definition) is 2. The van der Waals surface area contributed by atoms with E-state index in [9.17, 15) is 5.11 Å². The minimum absolute atomic E-state index is 0. The van der Waals surface area contributed by atoms with Gasteiger partial charge >= 0.3 is 0 Å². The smallest absolute Gasteiger partial charge is 0.138 e. The van der Waals surface area contributed by atoms with E-state index in [-0.39, 0.29) is 12.4 Å². The van der Waals surface area contributed by atoms with Crippen LogP contribution in [0.15, 0.2) is 12.1 Å². The zero-order valence-electron chi connectivity index (χ0n) is 12.6. The molecule has 1 atom stereocenters. The number of aromatic hydroxyl groups is 1. The molecule has 2 N–H and O–H groups in total. The molecule has 2 fully saturated rings. The van der Waals surface area contributed by atoms with E-state index in [0.29, 0.717) is 5.75 Å². The van der Waals surface area contributed by atoms with Gasteiger partial charge in [-0.1, -0.05) is 0 Å². The molecule has 5 nitrogen and oxygen atoms in total. The van der Waals surface area contributed by atoms with E-state index in [1.54, 1.807) is 6.07 Å². The fourth-order valence-electron chi connectivity index (χ4n) is 3.17. The van der Waals surface area contributed by atoms with Gasteiger partial charge < -0.3 is 10.4 Å². The molecule has 2 saturated heterocycles. The van der Waals surface area contributed by atoms with Gasteiger partial charge in [0.1, 0.15) is 5.75 Å². The fraction of sp³-hybridized carbons (Fsp3) is 0.667. The number of rotatable bonds is 3. The Hall–Kier alpha value is -0.880. The second-order valence-electron chi connectivity index (χ2n) is 5.88. The molecule has 3 heterocycles. The number of nitrogens with one attached hydrogen (secondary N) is 1. The minimum atomic E-state index is 0. The van der Waals surface area contributed by atoms with Gasteiger partial charge in [-0.25, -0.2) is 0 Å². The van der Waals surface area contributed by atoms with E-state index in [0.717, 1.165) is 63.2 Å². The Bertz CT molecular complexity index is 457. The lowest BCUT2D eigenvalue weighted by molar-refractivity contribution is 0.0967. The van der Waals surface area contributed by atoms with Crippen molar-refractivity contribution in [3.05, 3.63) is 23.5 Å². The molecule has 0 radical (unpaired) electrons. The van der Waals surface area contributed by atoms with Crippen molar-refractivity contribution in [3.63, 3.8) is 0 Å². The molecule has 0 spiro atoms. The van der Waals surface area contributed by atoms with Crippen molar-refractivity contribution in [1.82, 2.24) is 20.1 Å². The number of halogens is 1. The van der Waals surface area contributed by atoms with Crippen molar-refractivity contribution < 1.29 is 5.11 Å². The van der Waals surface area contributed by atoms with Crippen molar-refractivity contribution in [1.29, 1.82) is 0 Å². The SMILES string of the molecule is Cc1ccc(O)c(CN2CCN(C3CCNC3)CC2)n1.Cl. The van der Waals surface area contributed by atoms with Gasteiger partial charge in [0.15, 0.2) is 0 Å². The molecule has 118 valence electrons. The van der Waals surface area contributed by atoms with Gasteiger partial charge in [0.05, 0.1) is 5.69 Å². The number of nitrogens with zero attached hydrogens (tertiary/aromatic N) is 3. The van der Waals surface area contributed by atoms with Crippen LogP contribution in [-0.4, -0.2) is 65.2 Å². The lowest BCUT2D eigenvalue weighted by Gasteiger charge is -2.37. The van der Waals surface area contributed by atoms with Gasteiger partial charge in [-0.05, 0) is 32.0 Å². The van der Waals surface area contributed by atoms with Crippen LogP contribution in [0.1, 0.15) is 17.8 Å². The summed E-state index contributed by atoms with van der Waals surface area (Å²) in [6.07, 6.45) is 1.28. The molecule has 0 aliphatic carbocycles. The van der Waals surface area contributed by atoms with Crippen LogP contribution in [0.25, 0.3) is 0 Å². The van der Waals surface area contributed by atoms with Crippen molar-refractivity contribution in [3.8, 4) is 5.75 Å².